The van der Waals surface area contributed by atoms with E-state index < -0.39 is 16.0 Å². The summed E-state index contributed by atoms with van der Waals surface area (Å²) in [6.45, 7) is 1.88. The third kappa shape index (κ3) is 5.33. The number of benzene rings is 1. The number of sulfonamides is 1. The highest BCUT2D eigenvalue weighted by Crippen LogP contribution is 2.16. The van der Waals surface area contributed by atoms with Crippen LogP contribution < -0.4 is 0 Å². The summed E-state index contributed by atoms with van der Waals surface area (Å²) in [6.07, 6.45) is 2.77. The molecule has 0 radical (unpaired) electrons. The molecule has 0 aliphatic rings. The average molecular weight is 331 g/mol. The van der Waals surface area contributed by atoms with Crippen LogP contribution in [-0.2, 0) is 15.8 Å². The van der Waals surface area contributed by atoms with Crippen LogP contribution in [0.15, 0.2) is 24.3 Å². The molecule has 21 heavy (non-hydrogen) atoms. The second-order valence-corrected chi connectivity index (χ2v) is 7.92. The lowest BCUT2D eigenvalue weighted by Gasteiger charge is -2.24. The average Bonchev–Trinajstić information content (AvgIpc) is 2.43. The van der Waals surface area contributed by atoms with E-state index in [9.17, 15) is 13.2 Å². The second kappa shape index (κ2) is 7.82. The minimum atomic E-state index is -3.45. The summed E-state index contributed by atoms with van der Waals surface area (Å²) in [5.41, 5.74) is 0.583. The molecule has 1 unspecified atom stereocenters. The van der Waals surface area contributed by atoms with Crippen LogP contribution in [0.4, 0.5) is 0 Å². The van der Waals surface area contributed by atoms with Crippen LogP contribution in [0, 0.1) is 0 Å². The summed E-state index contributed by atoms with van der Waals surface area (Å²) >= 11 is 1.68. The van der Waals surface area contributed by atoms with Gasteiger partial charge >= 0.3 is 5.97 Å². The van der Waals surface area contributed by atoms with Gasteiger partial charge in [0.25, 0.3) is 0 Å². The molecule has 5 nitrogen and oxygen atoms in total. The SMILES string of the molecule is CSCCC(C)N(C)S(=O)(=O)Cc1cccc(C(=O)O)c1. The van der Waals surface area contributed by atoms with Gasteiger partial charge in [0, 0.05) is 13.1 Å². The Morgan fingerprint density at radius 1 is 1.43 bits per heavy atom. The molecule has 0 fully saturated rings. The third-order valence-corrected chi connectivity index (χ3v) is 5.90. The van der Waals surface area contributed by atoms with Gasteiger partial charge in [0.1, 0.15) is 0 Å². The molecule has 0 saturated carbocycles. The van der Waals surface area contributed by atoms with Gasteiger partial charge in [0.2, 0.25) is 10.0 Å². The van der Waals surface area contributed by atoms with Crippen molar-refractivity contribution in [1.29, 1.82) is 0 Å². The fourth-order valence-electron chi connectivity index (χ4n) is 1.85. The second-order valence-electron chi connectivity index (χ2n) is 4.91. The van der Waals surface area contributed by atoms with Crippen molar-refractivity contribution in [3.8, 4) is 0 Å². The summed E-state index contributed by atoms with van der Waals surface area (Å²) < 4.78 is 26.1. The molecule has 0 aliphatic heterocycles. The molecule has 7 heteroatoms. The molecular formula is C14H21NO4S2. The smallest absolute Gasteiger partial charge is 0.335 e. The molecule has 0 amide bonds. The van der Waals surface area contributed by atoms with E-state index in [1.807, 2.05) is 13.2 Å². The van der Waals surface area contributed by atoms with E-state index in [-0.39, 0.29) is 17.4 Å². The molecule has 0 saturated heterocycles. The van der Waals surface area contributed by atoms with Gasteiger partial charge in [-0.25, -0.2) is 17.5 Å². The van der Waals surface area contributed by atoms with Crippen molar-refractivity contribution in [2.75, 3.05) is 19.1 Å². The Kier molecular flexibility index (Phi) is 6.70. The van der Waals surface area contributed by atoms with E-state index in [0.29, 0.717) is 5.56 Å². The third-order valence-electron chi connectivity index (χ3n) is 3.32. The molecule has 118 valence electrons. The molecule has 0 aliphatic carbocycles. The van der Waals surface area contributed by atoms with Crippen LogP contribution in [0.2, 0.25) is 0 Å². The number of thioether (sulfide) groups is 1. The predicted molar refractivity (Wildman–Crippen MR) is 86.2 cm³/mol. The van der Waals surface area contributed by atoms with Crippen molar-refractivity contribution in [2.24, 2.45) is 0 Å². The Hall–Kier alpha value is -1.05. The largest absolute Gasteiger partial charge is 0.478 e. The van der Waals surface area contributed by atoms with Crippen LogP contribution in [0.25, 0.3) is 0 Å². The normalized spacial score (nSPS) is 13.3. The van der Waals surface area contributed by atoms with Crippen LogP contribution in [0.1, 0.15) is 29.3 Å². The number of carbonyl (C=O) groups is 1. The zero-order valence-corrected chi connectivity index (χ0v) is 14.1. The maximum Gasteiger partial charge on any atom is 0.335 e. The summed E-state index contributed by atoms with van der Waals surface area (Å²) in [7, 11) is -1.88. The van der Waals surface area contributed by atoms with E-state index >= 15 is 0 Å². The molecule has 1 aromatic rings. The standard InChI is InChI=1S/C14H21NO4S2/c1-11(7-8-20-3)15(2)21(18,19)10-12-5-4-6-13(9-12)14(16)17/h4-6,9,11H,7-8,10H2,1-3H3,(H,16,17). The molecule has 1 rings (SSSR count). The summed E-state index contributed by atoms with van der Waals surface area (Å²) in [4.78, 5) is 10.9. The van der Waals surface area contributed by atoms with Crippen LogP contribution >= 0.6 is 11.8 Å². The molecular weight excluding hydrogens is 310 g/mol. The molecule has 1 aromatic carbocycles. The van der Waals surface area contributed by atoms with Gasteiger partial charge in [-0.2, -0.15) is 11.8 Å². The minimum Gasteiger partial charge on any atom is -0.478 e. The lowest BCUT2D eigenvalue weighted by molar-refractivity contribution is 0.0696. The van der Waals surface area contributed by atoms with Crippen molar-refractivity contribution >= 4 is 27.8 Å². The van der Waals surface area contributed by atoms with Crippen molar-refractivity contribution in [3.05, 3.63) is 35.4 Å². The Bertz CT molecular complexity index is 586. The first-order valence-corrected chi connectivity index (χ1v) is 9.55. The first-order chi connectivity index (χ1) is 9.77. The number of rotatable bonds is 8. The van der Waals surface area contributed by atoms with Gasteiger partial charge in [0.05, 0.1) is 11.3 Å². The minimum absolute atomic E-state index is 0.0786. The number of carboxylic acid groups (broad SMARTS) is 1. The van der Waals surface area contributed by atoms with Gasteiger partial charge in [-0.1, -0.05) is 12.1 Å². The highest BCUT2D eigenvalue weighted by Gasteiger charge is 2.23. The van der Waals surface area contributed by atoms with Gasteiger partial charge in [-0.05, 0) is 43.0 Å². The van der Waals surface area contributed by atoms with E-state index in [1.165, 1.54) is 16.4 Å². The van der Waals surface area contributed by atoms with Gasteiger partial charge < -0.3 is 5.11 Å². The van der Waals surface area contributed by atoms with Gasteiger partial charge in [-0.15, -0.1) is 0 Å². The summed E-state index contributed by atoms with van der Waals surface area (Å²) in [5.74, 6) is -0.347. The molecule has 0 spiro atoms. The van der Waals surface area contributed by atoms with Crippen molar-refractivity contribution in [2.45, 2.75) is 25.1 Å². The Morgan fingerprint density at radius 3 is 2.67 bits per heavy atom. The maximum absolute atomic E-state index is 12.4. The monoisotopic (exact) mass is 331 g/mol. The number of carboxylic acids is 1. The van der Waals surface area contributed by atoms with Crippen LogP contribution in [0.5, 0.6) is 0 Å². The summed E-state index contributed by atoms with van der Waals surface area (Å²) in [5, 5.41) is 8.94. The fourth-order valence-corrected chi connectivity index (χ4v) is 3.89. The first kappa shape index (κ1) is 18.0. The molecule has 0 heterocycles. The van der Waals surface area contributed by atoms with Crippen molar-refractivity contribution < 1.29 is 18.3 Å². The maximum atomic E-state index is 12.4. The lowest BCUT2D eigenvalue weighted by Crippen LogP contribution is -2.36. The quantitative estimate of drug-likeness (QED) is 0.791. The Balaban J connectivity index is 2.84. The number of nitrogens with zero attached hydrogens (tertiary/aromatic N) is 1. The zero-order chi connectivity index (χ0) is 16.0. The molecule has 1 atom stereocenters. The number of hydrogen-bond donors (Lipinski definition) is 1. The zero-order valence-electron chi connectivity index (χ0n) is 12.4. The van der Waals surface area contributed by atoms with Crippen LogP contribution in [-0.4, -0.2) is 48.9 Å². The lowest BCUT2D eigenvalue weighted by atomic mass is 10.1. The van der Waals surface area contributed by atoms with E-state index in [4.69, 9.17) is 5.11 Å². The Labute approximate surface area is 130 Å². The summed E-state index contributed by atoms with van der Waals surface area (Å²) in [6, 6.07) is 5.96. The van der Waals surface area contributed by atoms with Gasteiger partial charge in [0.15, 0.2) is 0 Å². The van der Waals surface area contributed by atoms with Crippen LogP contribution in [0.3, 0.4) is 0 Å². The topological polar surface area (TPSA) is 74.7 Å². The Morgan fingerprint density at radius 2 is 2.10 bits per heavy atom. The van der Waals surface area contributed by atoms with Crippen molar-refractivity contribution in [1.82, 2.24) is 4.31 Å². The fraction of sp³-hybridized carbons (Fsp3) is 0.500. The molecule has 0 bridgehead atoms. The first-order valence-electron chi connectivity index (χ1n) is 6.55. The predicted octanol–water partition coefficient (Wildman–Crippen LogP) is 2.29. The van der Waals surface area contributed by atoms with Crippen molar-refractivity contribution in [3.63, 3.8) is 0 Å². The van der Waals surface area contributed by atoms with Gasteiger partial charge in [-0.3, -0.25) is 0 Å². The number of hydrogen-bond acceptors (Lipinski definition) is 4. The van der Waals surface area contributed by atoms with E-state index in [1.54, 1.807) is 30.9 Å². The molecule has 1 N–H and O–H groups in total. The van der Waals surface area contributed by atoms with E-state index in [0.717, 1.165) is 12.2 Å². The highest BCUT2D eigenvalue weighted by atomic mass is 32.2. The number of aromatic carboxylic acids is 1. The van der Waals surface area contributed by atoms with E-state index in [2.05, 4.69) is 0 Å². The highest BCUT2D eigenvalue weighted by molar-refractivity contribution is 7.98. The molecule has 0 aromatic heterocycles.